The minimum absolute atomic E-state index is 0.928. The van der Waals surface area contributed by atoms with Crippen LogP contribution in [0.25, 0.3) is 0 Å². The van der Waals surface area contributed by atoms with Gasteiger partial charge in [-0.15, -0.1) is 0 Å². The molecule has 2 fully saturated rings. The fourth-order valence-electron chi connectivity index (χ4n) is 2.00. The summed E-state index contributed by atoms with van der Waals surface area (Å²) in [4.78, 5) is 2.72. The second-order valence-corrected chi connectivity index (χ2v) is 4.73. The molecule has 0 aromatic rings. The molecule has 2 rings (SSSR count). The summed E-state index contributed by atoms with van der Waals surface area (Å²) in [7, 11) is 0. The van der Waals surface area contributed by atoms with Crippen molar-refractivity contribution in [3.05, 3.63) is 0 Å². The molecule has 0 radical (unpaired) electrons. The summed E-state index contributed by atoms with van der Waals surface area (Å²) in [5, 5.41) is 0. The molecule has 0 amide bonds. The predicted octanol–water partition coefficient (Wildman–Crippen LogP) is 1.98. The van der Waals surface area contributed by atoms with E-state index in [2.05, 4.69) is 23.6 Å². The van der Waals surface area contributed by atoms with Gasteiger partial charge < -0.3 is 0 Å². The van der Waals surface area contributed by atoms with Crippen molar-refractivity contribution >= 4 is 11.8 Å². The molecule has 0 N–H and O–H groups in total. The first-order valence-corrected chi connectivity index (χ1v) is 5.90. The van der Waals surface area contributed by atoms with E-state index in [0.29, 0.717) is 0 Å². The van der Waals surface area contributed by atoms with E-state index in [9.17, 15) is 0 Å². The van der Waals surface area contributed by atoms with E-state index in [-0.39, 0.29) is 0 Å². The van der Waals surface area contributed by atoms with Crippen LogP contribution in [0.15, 0.2) is 0 Å². The lowest BCUT2D eigenvalue weighted by molar-refractivity contribution is 0.214. The summed E-state index contributed by atoms with van der Waals surface area (Å²) in [5.74, 6) is 2.79. The number of hydrogen-bond acceptors (Lipinski definition) is 2. The van der Waals surface area contributed by atoms with Gasteiger partial charge >= 0.3 is 0 Å². The fraction of sp³-hybridized carbons (Fsp3) is 1.00. The van der Waals surface area contributed by atoms with Crippen molar-refractivity contribution in [1.29, 1.82) is 0 Å². The Morgan fingerprint density at radius 3 is 2.55 bits per heavy atom. The van der Waals surface area contributed by atoms with Crippen molar-refractivity contribution in [2.45, 2.75) is 38.3 Å². The van der Waals surface area contributed by atoms with Gasteiger partial charge in [-0.25, -0.2) is 0 Å². The third kappa shape index (κ3) is 1.73. The third-order valence-electron chi connectivity index (χ3n) is 2.76. The molecule has 2 aliphatic rings. The Hall–Kier alpha value is 0.310. The van der Waals surface area contributed by atoms with Crippen molar-refractivity contribution in [2.75, 3.05) is 18.1 Å². The fourth-order valence-corrected chi connectivity index (χ4v) is 3.24. The highest BCUT2D eigenvalue weighted by atomic mass is 32.2. The maximum atomic E-state index is 2.72. The molecule has 1 nitrogen and oxygen atoms in total. The summed E-state index contributed by atoms with van der Waals surface area (Å²) >= 11 is 2.13. The Morgan fingerprint density at radius 2 is 2.09 bits per heavy atom. The van der Waals surface area contributed by atoms with E-state index < -0.39 is 0 Å². The largest absolute Gasteiger partial charge is 0.297 e. The first-order valence-electron chi connectivity index (χ1n) is 4.75. The zero-order valence-electron chi connectivity index (χ0n) is 7.25. The van der Waals surface area contributed by atoms with Crippen LogP contribution in [0.1, 0.15) is 26.2 Å². The Balaban J connectivity index is 1.87. The molecule has 1 aliphatic carbocycles. The van der Waals surface area contributed by atoms with Gasteiger partial charge in [0.1, 0.15) is 0 Å². The highest BCUT2D eigenvalue weighted by molar-refractivity contribution is 7.99. The normalized spacial score (nSPS) is 31.6. The highest BCUT2D eigenvalue weighted by Crippen LogP contribution is 2.32. The predicted molar refractivity (Wildman–Crippen MR) is 51.1 cm³/mol. The number of rotatable bonds is 3. The molecule has 11 heavy (non-hydrogen) atoms. The van der Waals surface area contributed by atoms with Gasteiger partial charge in [-0.2, -0.15) is 11.8 Å². The molecule has 1 aliphatic heterocycles. The molecule has 2 heteroatoms. The molecule has 64 valence electrons. The van der Waals surface area contributed by atoms with Crippen molar-refractivity contribution in [1.82, 2.24) is 4.90 Å². The van der Waals surface area contributed by atoms with E-state index in [0.717, 1.165) is 12.1 Å². The van der Waals surface area contributed by atoms with Gasteiger partial charge in [-0.1, -0.05) is 6.92 Å². The van der Waals surface area contributed by atoms with E-state index in [4.69, 9.17) is 0 Å². The average Bonchev–Trinajstić information content (AvgIpc) is 2.68. The van der Waals surface area contributed by atoms with Gasteiger partial charge in [0.15, 0.2) is 0 Å². The van der Waals surface area contributed by atoms with Crippen LogP contribution < -0.4 is 0 Å². The number of nitrogens with zero attached hydrogens (tertiary/aromatic N) is 1. The highest BCUT2D eigenvalue weighted by Gasteiger charge is 2.33. The Labute approximate surface area is 73.5 Å². The smallest absolute Gasteiger partial charge is 0.0197 e. The summed E-state index contributed by atoms with van der Waals surface area (Å²) in [6.45, 7) is 3.58. The Bertz CT molecular complexity index is 128. The standard InChI is InChI=1S/C9H17NS/c1-2-10(8-3-4-8)9-5-6-11-7-9/h8-9H,2-7H2,1H3. The van der Waals surface area contributed by atoms with E-state index in [1.165, 1.54) is 37.3 Å². The number of hydrogen-bond donors (Lipinski definition) is 0. The molecule has 0 bridgehead atoms. The zero-order valence-corrected chi connectivity index (χ0v) is 8.07. The molecule has 1 heterocycles. The lowest BCUT2D eigenvalue weighted by atomic mass is 10.2. The zero-order chi connectivity index (χ0) is 7.68. The quantitative estimate of drug-likeness (QED) is 0.639. The SMILES string of the molecule is CCN(C1CC1)C1CCSC1. The second kappa shape index (κ2) is 3.36. The molecule has 0 aromatic heterocycles. The van der Waals surface area contributed by atoms with Crippen molar-refractivity contribution in [2.24, 2.45) is 0 Å². The molecule has 1 unspecified atom stereocenters. The van der Waals surface area contributed by atoms with Crippen LogP contribution in [0.5, 0.6) is 0 Å². The summed E-state index contributed by atoms with van der Waals surface area (Å²) in [5.41, 5.74) is 0. The molecule has 0 spiro atoms. The van der Waals surface area contributed by atoms with Crippen LogP contribution in [0.3, 0.4) is 0 Å². The summed E-state index contributed by atoms with van der Waals surface area (Å²) in [6.07, 6.45) is 4.37. The number of thioether (sulfide) groups is 1. The van der Waals surface area contributed by atoms with Crippen molar-refractivity contribution in [3.8, 4) is 0 Å². The van der Waals surface area contributed by atoms with Crippen LogP contribution in [-0.4, -0.2) is 35.0 Å². The van der Waals surface area contributed by atoms with Crippen molar-refractivity contribution in [3.63, 3.8) is 0 Å². The topological polar surface area (TPSA) is 3.24 Å². The molecular formula is C9H17NS. The molecule has 1 saturated carbocycles. The Morgan fingerprint density at radius 1 is 1.27 bits per heavy atom. The van der Waals surface area contributed by atoms with Gasteiger partial charge in [-0.05, 0) is 31.6 Å². The summed E-state index contributed by atoms with van der Waals surface area (Å²) < 4.78 is 0. The second-order valence-electron chi connectivity index (χ2n) is 3.58. The van der Waals surface area contributed by atoms with Crippen LogP contribution in [0, 0.1) is 0 Å². The van der Waals surface area contributed by atoms with Gasteiger partial charge in [0.25, 0.3) is 0 Å². The van der Waals surface area contributed by atoms with Gasteiger partial charge in [0.05, 0.1) is 0 Å². The first-order chi connectivity index (χ1) is 5.42. The van der Waals surface area contributed by atoms with E-state index in [1.54, 1.807) is 0 Å². The summed E-state index contributed by atoms with van der Waals surface area (Å²) in [6, 6.07) is 1.90. The van der Waals surface area contributed by atoms with E-state index in [1.807, 2.05) is 0 Å². The maximum absolute atomic E-state index is 2.72. The minimum atomic E-state index is 0.928. The molecular weight excluding hydrogens is 154 g/mol. The van der Waals surface area contributed by atoms with Crippen LogP contribution in [-0.2, 0) is 0 Å². The van der Waals surface area contributed by atoms with Gasteiger partial charge in [0, 0.05) is 17.8 Å². The molecule has 0 aromatic carbocycles. The van der Waals surface area contributed by atoms with Crippen LogP contribution in [0.4, 0.5) is 0 Å². The monoisotopic (exact) mass is 171 g/mol. The molecule has 1 atom stereocenters. The lowest BCUT2D eigenvalue weighted by Crippen LogP contribution is -2.36. The van der Waals surface area contributed by atoms with Crippen molar-refractivity contribution < 1.29 is 0 Å². The Kier molecular flexibility index (Phi) is 2.42. The van der Waals surface area contributed by atoms with E-state index >= 15 is 0 Å². The van der Waals surface area contributed by atoms with Gasteiger partial charge in [0.2, 0.25) is 0 Å². The average molecular weight is 171 g/mol. The molecule has 1 saturated heterocycles. The van der Waals surface area contributed by atoms with Crippen LogP contribution in [0.2, 0.25) is 0 Å². The van der Waals surface area contributed by atoms with Crippen LogP contribution >= 0.6 is 11.8 Å². The van der Waals surface area contributed by atoms with Gasteiger partial charge in [-0.3, -0.25) is 4.90 Å². The minimum Gasteiger partial charge on any atom is -0.297 e. The third-order valence-corrected chi connectivity index (χ3v) is 3.90. The lowest BCUT2D eigenvalue weighted by Gasteiger charge is -2.26. The first kappa shape index (κ1) is 7.93. The maximum Gasteiger partial charge on any atom is 0.0197 e.